The van der Waals surface area contributed by atoms with Crippen molar-refractivity contribution in [3.63, 3.8) is 0 Å². The van der Waals surface area contributed by atoms with Crippen LogP contribution in [0.2, 0.25) is 0 Å². The van der Waals surface area contributed by atoms with Gasteiger partial charge in [0, 0.05) is 18.4 Å². The molecule has 2 nitrogen and oxygen atoms in total. The fourth-order valence-corrected chi connectivity index (χ4v) is 2.32. The van der Waals surface area contributed by atoms with E-state index in [0.717, 1.165) is 5.69 Å². The van der Waals surface area contributed by atoms with Crippen LogP contribution in [0.5, 0.6) is 0 Å². The minimum Gasteiger partial charge on any atom is -0.377 e. The second-order valence-corrected chi connectivity index (χ2v) is 5.46. The summed E-state index contributed by atoms with van der Waals surface area (Å²) >= 11 is 0. The van der Waals surface area contributed by atoms with Gasteiger partial charge in [-0.05, 0) is 49.4 Å². The molecule has 20 heavy (non-hydrogen) atoms. The molecule has 0 aliphatic carbocycles. The van der Waals surface area contributed by atoms with Gasteiger partial charge in [0.05, 0.1) is 5.69 Å². The number of unbranched alkanes of at least 4 members (excludes halogenated alkanes) is 1. The Labute approximate surface area is 122 Å². The van der Waals surface area contributed by atoms with Crippen molar-refractivity contribution in [3.05, 3.63) is 59.4 Å². The Balaban J connectivity index is 2.00. The number of pyridine rings is 1. The van der Waals surface area contributed by atoms with Gasteiger partial charge < -0.3 is 5.32 Å². The zero-order valence-corrected chi connectivity index (χ0v) is 12.7. The molecule has 0 aliphatic rings. The Morgan fingerprint density at radius 2 is 1.90 bits per heavy atom. The molecule has 1 aromatic heterocycles. The van der Waals surface area contributed by atoms with Gasteiger partial charge in [-0.15, -0.1) is 0 Å². The Morgan fingerprint density at radius 3 is 2.55 bits per heavy atom. The number of aryl methyl sites for hydroxylation is 2. The van der Waals surface area contributed by atoms with E-state index >= 15 is 0 Å². The van der Waals surface area contributed by atoms with Crippen LogP contribution in [0.3, 0.4) is 0 Å². The van der Waals surface area contributed by atoms with E-state index in [0.29, 0.717) is 6.04 Å². The molecule has 106 valence electrons. The third kappa shape index (κ3) is 4.09. The number of aromatic nitrogens is 1. The lowest BCUT2D eigenvalue weighted by Crippen LogP contribution is -2.07. The van der Waals surface area contributed by atoms with Crippen molar-refractivity contribution in [2.24, 2.45) is 0 Å². The average Bonchev–Trinajstić information content (AvgIpc) is 2.45. The van der Waals surface area contributed by atoms with E-state index in [9.17, 15) is 0 Å². The standard InChI is InChI=1S/C18H24N2/c1-4-5-6-16-7-9-17(10-8-16)15(3)20-18-11-14(2)12-19-13-18/h7-13,15,20H,4-6H2,1-3H3. The first-order chi connectivity index (χ1) is 9.69. The summed E-state index contributed by atoms with van der Waals surface area (Å²) in [5.41, 5.74) is 5.00. The Bertz CT molecular complexity index is 531. The molecule has 0 radical (unpaired) electrons. The number of benzene rings is 1. The highest BCUT2D eigenvalue weighted by molar-refractivity contribution is 5.45. The molecule has 1 unspecified atom stereocenters. The number of rotatable bonds is 6. The molecular weight excluding hydrogens is 244 g/mol. The van der Waals surface area contributed by atoms with Crippen LogP contribution in [-0.2, 0) is 6.42 Å². The predicted molar refractivity (Wildman–Crippen MR) is 86.1 cm³/mol. The molecule has 0 bridgehead atoms. The quantitative estimate of drug-likeness (QED) is 0.805. The van der Waals surface area contributed by atoms with Gasteiger partial charge in [-0.25, -0.2) is 0 Å². The monoisotopic (exact) mass is 268 g/mol. The molecule has 0 amide bonds. The summed E-state index contributed by atoms with van der Waals surface area (Å²) in [5.74, 6) is 0. The molecule has 0 fully saturated rings. The highest BCUT2D eigenvalue weighted by Gasteiger charge is 2.05. The molecule has 1 aromatic carbocycles. The summed E-state index contributed by atoms with van der Waals surface area (Å²) in [4.78, 5) is 4.22. The predicted octanol–water partition coefficient (Wildman–Crippen LogP) is 4.91. The number of nitrogens with one attached hydrogen (secondary N) is 1. The van der Waals surface area contributed by atoms with Crippen molar-refractivity contribution < 1.29 is 0 Å². The minimum absolute atomic E-state index is 0.291. The van der Waals surface area contributed by atoms with Crippen molar-refractivity contribution in [1.29, 1.82) is 0 Å². The SMILES string of the molecule is CCCCc1ccc(C(C)Nc2cncc(C)c2)cc1. The lowest BCUT2D eigenvalue weighted by molar-refractivity contribution is 0.793. The fourth-order valence-electron chi connectivity index (χ4n) is 2.32. The van der Waals surface area contributed by atoms with Gasteiger partial charge in [-0.3, -0.25) is 4.98 Å². The molecule has 1 atom stereocenters. The van der Waals surface area contributed by atoms with Crippen molar-refractivity contribution >= 4 is 5.69 Å². The molecule has 2 rings (SSSR count). The van der Waals surface area contributed by atoms with Crippen molar-refractivity contribution in [1.82, 2.24) is 4.98 Å². The lowest BCUT2D eigenvalue weighted by atomic mass is 10.0. The van der Waals surface area contributed by atoms with Crippen LogP contribution >= 0.6 is 0 Å². The van der Waals surface area contributed by atoms with Crippen LogP contribution in [0, 0.1) is 6.92 Å². The molecule has 0 spiro atoms. The topological polar surface area (TPSA) is 24.9 Å². The van der Waals surface area contributed by atoms with Gasteiger partial charge in [-0.2, -0.15) is 0 Å². The van der Waals surface area contributed by atoms with Gasteiger partial charge in [0.15, 0.2) is 0 Å². The van der Waals surface area contributed by atoms with Gasteiger partial charge in [0.1, 0.15) is 0 Å². The van der Waals surface area contributed by atoms with Gasteiger partial charge in [-0.1, -0.05) is 37.6 Å². The summed E-state index contributed by atoms with van der Waals surface area (Å²) in [6.45, 7) is 6.48. The van der Waals surface area contributed by atoms with Gasteiger partial charge in [0.25, 0.3) is 0 Å². The first-order valence-electron chi connectivity index (χ1n) is 7.46. The first-order valence-corrected chi connectivity index (χ1v) is 7.46. The average molecular weight is 268 g/mol. The molecular formula is C18H24N2. The molecule has 1 N–H and O–H groups in total. The molecule has 2 heteroatoms. The molecule has 2 aromatic rings. The fraction of sp³-hybridized carbons (Fsp3) is 0.389. The van der Waals surface area contributed by atoms with E-state index < -0.39 is 0 Å². The maximum Gasteiger partial charge on any atom is 0.0534 e. The largest absolute Gasteiger partial charge is 0.377 e. The van der Waals surface area contributed by atoms with Crippen LogP contribution < -0.4 is 5.32 Å². The zero-order valence-electron chi connectivity index (χ0n) is 12.7. The first kappa shape index (κ1) is 14.6. The summed E-state index contributed by atoms with van der Waals surface area (Å²) in [6, 6.07) is 11.4. The van der Waals surface area contributed by atoms with E-state index in [4.69, 9.17) is 0 Å². The summed E-state index contributed by atoms with van der Waals surface area (Å²) in [6.07, 6.45) is 7.44. The molecule has 1 heterocycles. The number of anilines is 1. The van der Waals surface area contributed by atoms with Crippen molar-refractivity contribution in [2.45, 2.75) is 46.1 Å². The van der Waals surface area contributed by atoms with Crippen LogP contribution in [0.25, 0.3) is 0 Å². The number of hydrogen-bond donors (Lipinski definition) is 1. The van der Waals surface area contributed by atoms with Crippen molar-refractivity contribution in [3.8, 4) is 0 Å². The summed E-state index contributed by atoms with van der Waals surface area (Å²) in [7, 11) is 0. The third-order valence-electron chi connectivity index (χ3n) is 3.56. The van der Waals surface area contributed by atoms with E-state index in [1.54, 1.807) is 0 Å². The van der Waals surface area contributed by atoms with Gasteiger partial charge in [0.2, 0.25) is 0 Å². The number of hydrogen-bond acceptors (Lipinski definition) is 2. The molecule has 0 aliphatic heterocycles. The van der Waals surface area contributed by atoms with Crippen LogP contribution in [0.4, 0.5) is 5.69 Å². The molecule has 0 saturated heterocycles. The Morgan fingerprint density at radius 1 is 1.15 bits per heavy atom. The number of nitrogens with zero attached hydrogens (tertiary/aromatic N) is 1. The van der Waals surface area contributed by atoms with Crippen molar-refractivity contribution in [2.75, 3.05) is 5.32 Å². The van der Waals surface area contributed by atoms with Crippen LogP contribution in [0.1, 0.15) is 49.4 Å². The highest BCUT2D eigenvalue weighted by atomic mass is 14.9. The van der Waals surface area contributed by atoms with Gasteiger partial charge >= 0.3 is 0 Å². The lowest BCUT2D eigenvalue weighted by Gasteiger charge is -2.16. The smallest absolute Gasteiger partial charge is 0.0534 e. The van der Waals surface area contributed by atoms with E-state index in [1.807, 2.05) is 12.4 Å². The maximum atomic E-state index is 4.22. The minimum atomic E-state index is 0.291. The maximum absolute atomic E-state index is 4.22. The third-order valence-corrected chi connectivity index (χ3v) is 3.56. The summed E-state index contributed by atoms with van der Waals surface area (Å²) in [5, 5.41) is 3.50. The molecule has 0 saturated carbocycles. The zero-order chi connectivity index (χ0) is 14.4. The normalized spacial score (nSPS) is 12.2. The second-order valence-electron chi connectivity index (χ2n) is 5.46. The van der Waals surface area contributed by atoms with Crippen LogP contribution in [-0.4, -0.2) is 4.98 Å². The van der Waals surface area contributed by atoms with E-state index in [2.05, 4.69) is 61.4 Å². The highest BCUT2D eigenvalue weighted by Crippen LogP contribution is 2.20. The summed E-state index contributed by atoms with van der Waals surface area (Å²) < 4.78 is 0. The second kappa shape index (κ2) is 7.09. The van der Waals surface area contributed by atoms with Crippen LogP contribution in [0.15, 0.2) is 42.7 Å². The van der Waals surface area contributed by atoms with E-state index in [1.165, 1.54) is 36.0 Å². The Kier molecular flexibility index (Phi) is 5.16. The van der Waals surface area contributed by atoms with E-state index in [-0.39, 0.29) is 0 Å². The Hall–Kier alpha value is -1.83.